The van der Waals surface area contributed by atoms with Gasteiger partial charge in [-0.15, -0.1) is 0 Å². The Bertz CT molecular complexity index is 103. The molecule has 0 aromatic carbocycles. The molecule has 2 N–H and O–H groups in total. The smallest absolute Gasteiger partial charge is 0.0778 e. The van der Waals surface area contributed by atoms with Gasteiger partial charge < -0.3 is 5.32 Å². The van der Waals surface area contributed by atoms with Crippen molar-refractivity contribution in [3.05, 3.63) is 0 Å². The molecule has 1 aliphatic rings. The Morgan fingerprint density at radius 3 is 2.88 bits per heavy atom. The normalized spacial score (nSPS) is 29.6. The van der Waals surface area contributed by atoms with Gasteiger partial charge in [-0.2, -0.15) is 0 Å². The lowest BCUT2D eigenvalue weighted by Crippen LogP contribution is -2.45. The van der Waals surface area contributed by atoms with Crippen LogP contribution in [0.2, 0.25) is 0 Å². The van der Waals surface area contributed by atoms with Crippen LogP contribution in [0.1, 0.15) is 13.3 Å². The molecule has 1 saturated heterocycles. The molecule has 0 aromatic heterocycles. The first-order valence-corrected chi connectivity index (χ1v) is 3.20. The van der Waals surface area contributed by atoms with Crippen molar-refractivity contribution in [1.82, 2.24) is 10.6 Å². The molecule has 1 atom stereocenters. The molecule has 1 heterocycles. The van der Waals surface area contributed by atoms with Crippen LogP contribution in [0.25, 0.3) is 0 Å². The Morgan fingerprint density at radius 1 is 1.75 bits per heavy atom. The van der Waals surface area contributed by atoms with E-state index >= 15 is 0 Å². The Balaban J connectivity index is 2.34. The highest BCUT2D eigenvalue weighted by Gasteiger charge is 2.08. The maximum Gasteiger partial charge on any atom is 0.0778 e. The minimum atomic E-state index is 0.559. The second-order valence-corrected chi connectivity index (χ2v) is 2.58. The molecule has 0 amide bonds. The van der Waals surface area contributed by atoms with Gasteiger partial charge in [-0.1, -0.05) is 12.2 Å². The predicted octanol–water partition coefficient (Wildman–Crippen LogP) is 0.243. The lowest BCUT2D eigenvalue weighted by atomic mass is 10.2. The Labute approximate surface area is 54.7 Å². The molecule has 0 radical (unpaired) electrons. The maximum absolute atomic E-state index is 4.93. The summed E-state index contributed by atoms with van der Waals surface area (Å²) in [5.74, 6) is 0. The number of hydrogen-bond acceptors (Lipinski definition) is 2. The summed E-state index contributed by atoms with van der Waals surface area (Å²) in [5.41, 5.74) is 0. The van der Waals surface area contributed by atoms with Gasteiger partial charge in [0.2, 0.25) is 0 Å². The maximum atomic E-state index is 4.93. The van der Waals surface area contributed by atoms with E-state index in [0.29, 0.717) is 6.04 Å². The Kier molecular flexibility index (Phi) is 1.81. The summed E-state index contributed by atoms with van der Waals surface area (Å²) in [5, 5.41) is 6.25. The third kappa shape index (κ3) is 1.42. The van der Waals surface area contributed by atoms with Crippen LogP contribution in [-0.2, 0) is 0 Å². The molecular formula is C5H10N2S. The average Bonchev–Trinajstić information content (AvgIpc) is 1.64. The van der Waals surface area contributed by atoms with Crippen LogP contribution in [0.3, 0.4) is 0 Å². The van der Waals surface area contributed by atoms with Crippen LogP contribution in [0.15, 0.2) is 0 Å². The highest BCUT2D eigenvalue weighted by molar-refractivity contribution is 7.80. The number of hydrogen-bond donors (Lipinski definition) is 2. The fraction of sp³-hybridized carbons (Fsp3) is 0.800. The van der Waals surface area contributed by atoms with E-state index in [1.54, 1.807) is 0 Å². The Hall–Kier alpha value is -0.150. The number of rotatable bonds is 0. The topological polar surface area (TPSA) is 24.1 Å². The molecule has 1 fully saturated rings. The molecule has 1 rings (SSSR count). The van der Waals surface area contributed by atoms with Gasteiger partial charge >= 0.3 is 0 Å². The molecule has 1 unspecified atom stereocenters. The van der Waals surface area contributed by atoms with Gasteiger partial charge in [0.25, 0.3) is 0 Å². The summed E-state index contributed by atoms with van der Waals surface area (Å²) in [6.07, 6.45) is 0.981. The van der Waals surface area contributed by atoms with Crippen molar-refractivity contribution >= 4 is 17.2 Å². The monoisotopic (exact) mass is 130 g/mol. The van der Waals surface area contributed by atoms with Crippen molar-refractivity contribution < 1.29 is 0 Å². The third-order valence-electron chi connectivity index (χ3n) is 1.23. The van der Waals surface area contributed by atoms with Gasteiger partial charge in [0, 0.05) is 12.5 Å². The molecule has 0 spiro atoms. The lowest BCUT2D eigenvalue weighted by molar-refractivity contribution is 0.518. The molecule has 0 aliphatic carbocycles. The Morgan fingerprint density at radius 2 is 2.50 bits per heavy atom. The zero-order chi connectivity index (χ0) is 5.98. The predicted molar refractivity (Wildman–Crippen MR) is 37.8 cm³/mol. The molecule has 0 aromatic rings. The highest BCUT2D eigenvalue weighted by atomic mass is 32.1. The van der Waals surface area contributed by atoms with Gasteiger partial charge in [-0.25, -0.2) is 0 Å². The SMILES string of the molecule is CC1CC(=S)NCN1. The van der Waals surface area contributed by atoms with Crippen molar-refractivity contribution in [3.63, 3.8) is 0 Å². The van der Waals surface area contributed by atoms with Gasteiger partial charge in [-0.05, 0) is 6.92 Å². The van der Waals surface area contributed by atoms with Gasteiger partial charge in [0.1, 0.15) is 0 Å². The third-order valence-corrected chi connectivity index (χ3v) is 1.54. The minimum absolute atomic E-state index is 0.559. The molecule has 2 nitrogen and oxygen atoms in total. The molecule has 1 aliphatic heterocycles. The first-order valence-electron chi connectivity index (χ1n) is 2.79. The molecule has 3 heteroatoms. The van der Waals surface area contributed by atoms with E-state index in [4.69, 9.17) is 12.2 Å². The zero-order valence-electron chi connectivity index (χ0n) is 4.90. The first-order chi connectivity index (χ1) is 3.79. The van der Waals surface area contributed by atoms with E-state index in [2.05, 4.69) is 17.6 Å². The van der Waals surface area contributed by atoms with Crippen LogP contribution in [0, 0.1) is 0 Å². The van der Waals surface area contributed by atoms with E-state index in [1.807, 2.05) is 0 Å². The molecule has 0 saturated carbocycles. The van der Waals surface area contributed by atoms with Gasteiger partial charge in [-0.3, -0.25) is 5.32 Å². The quantitative estimate of drug-likeness (QED) is 0.459. The van der Waals surface area contributed by atoms with E-state index in [9.17, 15) is 0 Å². The summed E-state index contributed by atoms with van der Waals surface area (Å²) < 4.78 is 0. The largest absolute Gasteiger partial charge is 0.367 e. The van der Waals surface area contributed by atoms with Crippen LogP contribution in [0.4, 0.5) is 0 Å². The van der Waals surface area contributed by atoms with Crippen LogP contribution in [0.5, 0.6) is 0 Å². The fourth-order valence-corrected chi connectivity index (χ4v) is 1.07. The summed E-state index contributed by atoms with van der Waals surface area (Å²) in [6.45, 7) is 2.97. The van der Waals surface area contributed by atoms with E-state index in [-0.39, 0.29) is 0 Å². The molecule has 46 valence electrons. The minimum Gasteiger partial charge on any atom is -0.367 e. The van der Waals surface area contributed by atoms with Crippen molar-refractivity contribution in [3.8, 4) is 0 Å². The molecule has 0 bridgehead atoms. The van der Waals surface area contributed by atoms with Crippen LogP contribution >= 0.6 is 12.2 Å². The second kappa shape index (κ2) is 2.42. The average molecular weight is 130 g/mol. The zero-order valence-corrected chi connectivity index (χ0v) is 5.72. The van der Waals surface area contributed by atoms with Crippen molar-refractivity contribution in [2.24, 2.45) is 0 Å². The summed E-state index contributed by atoms with van der Waals surface area (Å²) in [7, 11) is 0. The summed E-state index contributed by atoms with van der Waals surface area (Å²) in [6, 6.07) is 0.559. The van der Waals surface area contributed by atoms with Crippen LogP contribution < -0.4 is 10.6 Å². The summed E-state index contributed by atoms with van der Waals surface area (Å²) >= 11 is 4.93. The van der Waals surface area contributed by atoms with E-state index < -0.39 is 0 Å². The van der Waals surface area contributed by atoms with Crippen molar-refractivity contribution in [1.29, 1.82) is 0 Å². The molecular weight excluding hydrogens is 120 g/mol. The highest BCUT2D eigenvalue weighted by Crippen LogP contribution is 1.94. The lowest BCUT2D eigenvalue weighted by Gasteiger charge is -2.21. The van der Waals surface area contributed by atoms with Crippen molar-refractivity contribution in [2.75, 3.05) is 6.67 Å². The standard InChI is InChI=1S/C5H10N2S/c1-4-2-5(8)7-3-6-4/h4,6H,2-3H2,1H3,(H,7,8). The first kappa shape index (κ1) is 5.98. The van der Waals surface area contributed by atoms with E-state index in [0.717, 1.165) is 18.1 Å². The second-order valence-electron chi connectivity index (χ2n) is 2.09. The summed E-state index contributed by atoms with van der Waals surface area (Å²) in [4.78, 5) is 0.983. The fourth-order valence-electron chi connectivity index (χ4n) is 0.746. The van der Waals surface area contributed by atoms with Crippen LogP contribution in [-0.4, -0.2) is 17.7 Å². The number of thiocarbonyl (C=S) groups is 1. The van der Waals surface area contributed by atoms with Crippen molar-refractivity contribution in [2.45, 2.75) is 19.4 Å². The number of nitrogens with one attached hydrogen (secondary N) is 2. The van der Waals surface area contributed by atoms with Gasteiger partial charge in [0.05, 0.1) is 11.7 Å². The van der Waals surface area contributed by atoms with E-state index in [1.165, 1.54) is 0 Å². The van der Waals surface area contributed by atoms with Gasteiger partial charge in [0.15, 0.2) is 0 Å². The molecule has 8 heavy (non-hydrogen) atoms.